The van der Waals surface area contributed by atoms with Crippen LogP contribution in [0.1, 0.15) is 19.3 Å². The third kappa shape index (κ3) is 3.03. The fourth-order valence-electron chi connectivity index (χ4n) is 1.25. The fraction of sp³-hybridized carbons (Fsp3) is 0.875. The van der Waals surface area contributed by atoms with Crippen LogP contribution in [-0.4, -0.2) is 36.0 Å². The lowest BCUT2D eigenvalue weighted by molar-refractivity contribution is -0.132. The summed E-state index contributed by atoms with van der Waals surface area (Å²) in [6.45, 7) is 1.84. The number of hydrogen-bond donors (Lipinski definition) is 1. The van der Waals surface area contributed by atoms with E-state index >= 15 is 0 Å². The van der Waals surface area contributed by atoms with Crippen molar-refractivity contribution >= 4 is 17.7 Å². The number of carbonyl (C=O) groups is 1. The highest BCUT2D eigenvalue weighted by Gasteiger charge is 2.16. The number of amides is 1. The predicted molar refractivity (Wildman–Crippen MR) is 51.9 cm³/mol. The van der Waals surface area contributed by atoms with Crippen LogP contribution in [0.25, 0.3) is 0 Å². The molecule has 1 amide bonds. The molecule has 1 rings (SSSR count). The van der Waals surface area contributed by atoms with Crippen LogP contribution in [0.2, 0.25) is 0 Å². The van der Waals surface area contributed by atoms with Gasteiger partial charge in [0.05, 0.1) is 0 Å². The maximum absolute atomic E-state index is 11.4. The van der Waals surface area contributed by atoms with Gasteiger partial charge in [0.15, 0.2) is 0 Å². The van der Waals surface area contributed by atoms with E-state index in [-0.39, 0.29) is 5.91 Å². The van der Waals surface area contributed by atoms with Gasteiger partial charge in [-0.15, -0.1) is 0 Å². The van der Waals surface area contributed by atoms with Crippen LogP contribution in [0.15, 0.2) is 0 Å². The predicted octanol–water partition coefficient (Wildman–Crippen LogP) is 0.867. The van der Waals surface area contributed by atoms with Crippen LogP contribution in [0.5, 0.6) is 0 Å². The molecule has 0 unspecified atom stereocenters. The molecule has 1 aliphatic rings. The molecule has 4 heteroatoms. The highest BCUT2D eigenvalue weighted by atomic mass is 32.2. The summed E-state index contributed by atoms with van der Waals surface area (Å²) >= 11 is 1.80. The molecule has 0 atom stereocenters. The number of nitrogens with zero attached hydrogens (tertiary/aromatic N) is 1. The number of carbonyl (C=O) groups excluding carboxylic acids is 1. The largest absolute Gasteiger partial charge is 0.278 e. The van der Waals surface area contributed by atoms with E-state index in [9.17, 15) is 4.79 Å². The van der Waals surface area contributed by atoms with Gasteiger partial charge in [0.2, 0.25) is 5.91 Å². The van der Waals surface area contributed by atoms with E-state index < -0.39 is 0 Å². The first-order valence-electron chi connectivity index (χ1n) is 4.37. The average molecular weight is 188 g/mol. The molecule has 0 bridgehead atoms. The van der Waals surface area contributed by atoms with Crippen molar-refractivity contribution < 1.29 is 4.79 Å². The monoisotopic (exact) mass is 188 g/mol. The average Bonchev–Trinajstić information content (AvgIpc) is 2.56. The van der Waals surface area contributed by atoms with Crippen molar-refractivity contribution in [3.8, 4) is 0 Å². The first kappa shape index (κ1) is 9.86. The summed E-state index contributed by atoms with van der Waals surface area (Å²) < 4.78 is 0. The van der Waals surface area contributed by atoms with E-state index in [1.165, 1.54) is 0 Å². The molecule has 0 aliphatic carbocycles. The molecule has 0 radical (unpaired) electrons. The van der Waals surface area contributed by atoms with Crippen LogP contribution in [0, 0.1) is 0 Å². The van der Waals surface area contributed by atoms with Crippen molar-refractivity contribution in [2.24, 2.45) is 0 Å². The summed E-state index contributed by atoms with van der Waals surface area (Å²) in [6, 6.07) is 0. The van der Waals surface area contributed by atoms with Gasteiger partial charge < -0.3 is 0 Å². The Balaban J connectivity index is 2.10. The van der Waals surface area contributed by atoms with Gasteiger partial charge >= 0.3 is 0 Å². The van der Waals surface area contributed by atoms with Gasteiger partial charge in [0, 0.05) is 19.5 Å². The first-order valence-corrected chi connectivity index (χ1v) is 5.77. The molecule has 1 fully saturated rings. The Morgan fingerprint density at radius 2 is 2.50 bits per heavy atom. The second kappa shape index (κ2) is 5.43. The normalized spacial score (nSPS) is 16.9. The molecule has 1 saturated heterocycles. The number of rotatable bonds is 4. The van der Waals surface area contributed by atoms with Crippen molar-refractivity contribution in [1.82, 2.24) is 10.4 Å². The van der Waals surface area contributed by atoms with E-state index in [2.05, 4.69) is 11.7 Å². The number of hydrazine groups is 1. The molecule has 1 heterocycles. The quantitative estimate of drug-likeness (QED) is 0.664. The molecule has 0 aromatic carbocycles. The van der Waals surface area contributed by atoms with Crippen molar-refractivity contribution in [3.05, 3.63) is 0 Å². The van der Waals surface area contributed by atoms with Crippen molar-refractivity contribution in [1.29, 1.82) is 0 Å². The fourth-order valence-corrected chi connectivity index (χ4v) is 1.68. The van der Waals surface area contributed by atoms with Gasteiger partial charge in [0.1, 0.15) is 0 Å². The van der Waals surface area contributed by atoms with E-state index in [0.717, 1.165) is 31.7 Å². The zero-order valence-corrected chi connectivity index (χ0v) is 8.32. The molecule has 3 nitrogen and oxygen atoms in total. The maximum atomic E-state index is 11.4. The van der Waals surface area contributed by atoms with E-state index in [4.69, 9.17) is 0 Å². The minimum absolute atomic E-state index is 0.251. The minimum atomic E-state index is 0.251. The van der Waals surface area contributed by atoms with Crippen molar-refractivity contribution in [2.45, 2.75) is 19.3 Å². The summed E-state index contributed by atoms with van der Waals surface area (Å²) in [7, 11) is 0. The molecule has 0 aromatic heterocycles. The molecule has 1 aliphatic heterocycles. The molecular formula is C8H16N2OS. The van der Waals surface area contributed by atoms with Crippen LogP contribution in [-0.2, 0) is 4.79 Å². The summed E-state index contributed by atoms with van der Waals surface area (Å²) in [4.78, 5) is 11.4. The molecule has 0 aromatic rings. The van der Waals surface area contributed by atoms with E-state index in [1.807, 2.05) is 0 Å². The van der Waals surface area contributed by atoms with Gasteiger partial charge in [0.25, 0.3) is 0 Å². The SMILES string of the molecule is CSCCCC(=O)N1CCCN1. The van der Waals surface area contributed by atoms with Crippen LogP contribution < -0.4 is 5.43 Å². The summed E-state index contributed by atoms with van der Waals surface area (Å²) in [5.74, 6) is 1.33. The third-order valence-electron chi connectivity index (χ3n) is 1.90. The van der Waals surface area contributed by atoms with Gasteiger partial charge in [-0.3, -0.25) is 9.80 Å². The molecule has 12 heavy (non-hydrogen) atoms. The molecule has 1 N–H and O–H groups in total. The van der Waals surface area contributed by atoms with Gasteiger partial charge in [-0.05, 0) is 24.9 Å². The van der Waals surface area contributed by atoms with Gasteiger partial charge in [-0.2, -0.15) is 11.8 Å². The van der Waals surface area contributed by atoms with Crippen molar-refractivity contribution in [2.75, 3.05) is 25.1 Å². The summed E-state index contributed by atoms with van der Waals surface area (Å²) in [5.41, 5.74) is 3.06. The second-order valence-electron chi connectivity index (χ2n) is 2.90. The Bertz CT molecular complexity index is 146. The minimum Gasteiger partial charge on any atom is -0.278 e. The topological polar surface area (TPSA) is 32.3 Å². The Morgan fingerprint density at radius 3 is 3.08 bits per heavy atom. The zero-order valence-electron chi connectivity index (χ0n) is 7.51. The van der Waals surface area contributed by atoms with Gasteiger partial charge in [-0.25, -0.2) is 5.43 Å². The number of hydrogen-bond acceptors (Lipinski definition) is 3. The number of thioether (sulfide) groups is 1. The maximum Gasteiger partial charge on any atom is 0.236 e. The highest BCUT2D eigenvalue weighted by molar-refractivity contribution is 7.98. The second-order valence-corrected chi connectivity index (χ2v) is 3.89. The lowest BCUT2D eigenvalue weighted by atomic mass is 10.3. The lowest BCUT2D eigenvalue weighted by Crippen LogP contribution is -2.36. The van der Waals surface area contributed by atoms with E-state index in [0.29, 0.717) is 6.42 Å². The standard InChI is InChI=1S/C8H16N2OS/c1-12-7-2-4-8(11)10-6-3-5-9-10/h9H,2-7H2,1H3. The van der Waals surface area contributed by atoms with E-state index in [1.54, 1.807) is 16.8 Å². The zero-order chi connectivity index (χ0) is 8.81. The highest BCUT2D eigenvalue weighted by Crippen LogP contribution is 2.04. The Hall–Kier alpha value is -0.220. The molecular weight excluding hydrogens is 172 g/mol. The van der Waals surface area contributed by atoms with Crippen LogP contribution in [0.3, 0.4) is 0 Å². The number of nitrogens with one attached hydrogen (secondary N) is 1. The summed E-state index contributed by atoms with van der Waals surface area (Å²) in [6.07, 6.45) is 4.85. The molecule has 0 spiro atoms. The first-order chi connectivity index (χ1) is 5.84. The van der Waals surface area contributed by atoms with Crippen molar-refractivity contribution in [3.63, 3.8) is 0 Å². The van der Waals surface area contributed by atoms with Crippen LogP contribution >= 0.6 is 11.8 Å². The molecule has 0 saturated carbocycles. The third-order valence-corrected chi connectivity index (χ3v) is 2.60. The Labute approximate surface area is 77.9 Å². The molecule has 70 valence electrons. The smallest absolute Gasteiger partial charge is 0.236 e. The van der Waals surface area contributed by atoms with Crippen LogP contribution in [0.4, 0.5) is 0 Å². The Kier molecular flexibility index (Phi) is 4.46. The van der Waals surface area contributed by atoms with Gasteiger partial charge in [-0.1, -0.05) is 0 Å². The lowest BCUT2D eigenvalue weighted by Gasteiger charge is -2.14. The Morgan fingerprint density at radius 1 is 1.67 bits per heavy atom. The summed E-state index contributed by atoms with van der Waals surface area (Å²) in [5, 5.41) is 1.75.